The monoisotopic (exact) mass is 348 g/mol. The molecule has 1 aliphatic heterocycles. The number of morpholine rings is 1. The molecule has 1 rings (SSSR count). The van der Waals surface area contributed by atoms with Gasteiger partial charge >= 0.3 is 0 Å². The van der Waals surface area contributed by atoms with E-state index in [1.807, 2.05) is 0 Å². The second-order valence-corrected chi connectivity index (χ2v) is 6.84. The first-order chi connectivity index (χ1) is 10.8. The van der Waals surface area contributed by atoms with Crippen LogP contribution in [0.5, 0.6) is 0 Å². The second-order valence-electron chi connectivity index (χ2n) is 6.84. The molecule has 1 heterocycles. The molecule has 0 bridgehead atoms. The van der Waals surface area contributed by atoms with Crippen LogP contribution in [0.4, 0.5) is 0 Å². The molecule has 1 saturated heterocycles. The van der Waals surface area contributed by atoms with Gasteiger partial charge in [-0.25, -0.2) is 10.0 Å². The molecule has 0 spiro atoms. The SMILES string of the molecule is CCCCCCCCCCCCCCN(C)N1CCOCC1.Cl. The Morgan fingerprint density at radius 3 is 1.65 bits per heavy atom. The van der Waals surface area contributed by atoms with Crippen molar-refractivity contribution >= 4 is 12.4 Å². The lowest BCUT2D eigenvalue weighted by Crippen LogP contribution is -2.47. The summed E-state index contributed by atoms with van der Waals surface area (Å²) in [6.45, 7) is 7.41. The van der Waals surface area contributed by atoms with E-state index >= 15 is 0 Å². The van der Waals surface area contributed by atoms with Crippen LogP contribution in [-0.2, 0) is 4.74 Å². The van der Waals surface area contributed by atoms with Crippen LogP contribution >= 0.6 is 12.4 Å². The van der Waals surface area contributed by atoms with Gasteiger partial charge in [-0.1, -0.05) is 77.6 Å². The van der Waals surface area contributed by atoms with E-state index in [0.717, 1.165) is 26.3 Å². The molecular formula is C19H41ClN2O. The summed E-state index contributed by atoms with van der Waals surface area (Å²) in [4.78, 5) is 0. The van der Waals surface area contributed by atoms with E-state index in [1.165, 1.54) is 83.6 Å². The van der Waals surface area contributed by atoms with Crippen molar-refractivity contribution in [3.05, 3.63) is 0 Å². The maximum atomic E-state index is 5.40. The van der Waals surface area contributed by atoms with Crippen LogP contribution in [0.3, 0.4) is 0 Å². The van der Waals surface area contributed by atoms with Gasteiger partial charge in [-0.3, -0.25) is 0 Å². The lowest BCUT2D eigenvalue weighted by Gasteiger charge is -2.34. The maximum absolute atomic E-state index is 5.40. The first-order valence-electron chi connectivity index (χ1n) is 9.88. The summed E-state index contributed by atoms with van der Waals surface area (Å²) in [5, 5.41) is 4.83. The van der Waals surface area contributed by atoms with Crippen LogP contribution in [0.15, 0.2) is 0 Å². The highest BCUT2D eigenvalue weighted by atomic mass is 35.5. The average molecular weight is 349 g/mol. The second kappa shape index (κ2) is 17.0. The van der Waals surface area contributed by atoms with Gasteiger partial charge in [-0.15, -0.1) is 12.4 Å². The zero-order valence-electron chi connectivity index (χ0n) is 15.7. The van der Waals surface area contributed by atoms with Crippen molar-refractivity contribution in [1.82, 2.24) is 10.0 Å². The zero-order chi connectivity index (χ0) is 15.9. The fourth-order valence-corrected chi connectivity index (χ4v) is 3.22. The van der Waals surface area contributed by atoms with E-state index in [1.54, 1.807) is 0 Å². The summed E-state index contributed by atoms with van der Waals surface area (Å²) in [6, 6.07) is 0. The highest BCUT2D eigenvalue weighted by Crippen LogP contribution is 2.12. The van der Waals surface area contributed by atoms with Crippen LogP contribution in [0.2, 0.25) is 0 Å². The van der Waals surface area contributed by atoms with E-state index in [9.17, 15) is 0 Å². The Bertz CT molecular complexity index is 235. The van der Waals surface area contributed by atoms with Crippen molar-refractivity contribution in [2.45, 2.75) is 84.0 Å². The quantitative estimate of drug-likeness (QED) is 0.397. The van der Waals surface area contributed by atoms with Gasteiger partial charge in [0.1, 0.15) is 0 Å². The van der Waals surface area contributed by atoms with E-state index in [0.29, 0.717) is 0 Å². The van der Waals surface area contributed by atoms with Gasteiger partial charge in [0.05, 0.1) is 13.2 Å². The predicted octanol–water partition coefficient (Wildman–Crippen LogP) is 5.29. The van der Waals surface area contributed by atoms with Gasteiger partial charge in [0.25, 0.3) is 0 Å². The van der Waals surface area contributed by atoms with E-state index in [4.69, 9.17) is 4.74 Å². The van der Waals surface area contributed by atoms with E-state index in [-0.39, 0.29) is 12.4 Å². The van der Waals surface area contributed by atoms with Crippen LogP contribution in [0, 0.1) is 0 Å². The Morgan fingerprint density at radius 1 is 0.739 bits per heavy atom. The molecule has 0 atom stereocenters. The van der Waals surface area contributed by atoms with Crippen LogP contribution in [0.1, 0.15) is 84.0 Å². The highest BCUT2D eigenvalue weighted by molar-refractivity contribution is 5.85. The number of hydrazine groups is 1. The van der Waals surface area contributed by atoms with Crippen molar-refractivity contribution in [3.63, 3.8) is 0 Å². The van der Waals surface area contributed by atoms with Crippen LogP contribution in [0.25, 0.3) is 0 Å². The molecule has 0 unspecified atom stereocenters. The largest absolute Gasteiger partial charge is 0.379 e. The number of unbranched alkanes of at least 4 members (excludes halogenated alkanes) is 11. The third kappa shape index (κ3) is 13.2. The molecule has 0 N–H and O–H groups in total. The average Bonchev–Trinajstić information content (AvgIpc) is 2.56. The standard InChI is InChI=1S/C19H40N2O.ClH/c1-3-4-5-6-7-8-9-10-11-12-13-14-15-20(2)21-16-18-22-19-17-21;/h3-19H2,1-2H3;1H. The van der Waals surface area contributed by atoms with Crippen LogP contribution in [-0.4, -0.2) is 49.9 Å². The highest BCUT2D eigenvalue weighted by Gasteiger charge is 2.13. The first-order valence-corrected chi connectivity index (χ1v) is 9.88. The summed E-state index contributed by atoms with van der Waals surface area (Å²) >= 11 is 0. The summed E-state index contributed by atoms with van der Waals surface area (Å²) in [6.07, 6.45) is 17.1. The smallest absolute Gasteiger partial charge is 0.0608 e. The Balaban J connectivity index is 0.00000484. The number of nitrogens with zero attached hydrogens (tertiary/aromatic N) is 2. The molecular weight excluding hydrogens is 308 g/mol. The first kappa shape index (κ1) is 23.2. The molecule has 0 aliphatic carbocycles. The number of halogens is 1. The van der Waals surface area contributed by atoms with Crippen molar-refractivity contribution in [2.75, 3.05) is 39.9 Å². The lowest BCUT2D eigenvalue weighted by molar-refractivity contribution is -0.0759. The minimum Gasteiger partial charge on any atom is -0.379 e. The normalized spacial score (nSPS) is 15.8. The zero-order valence-corrected chi connectivity index (χ0v) is 16.5. The number of rotatable bonds is 14. The maximum Gasteiger partial charge on any atom is 0.0608 e. The Labute approximate surface area is 151 Å². The van der Waals surface area contributed by atoms with Gasteiger partial charge in [0.2, 0.25) is 0 Å². The molecule has 4 heteroatoms. The molecule has 1 fully saturated rings. The van der Waals surface area contributed by atoms with Gasteiger partial charge in [-0.2, -0.15) is 0 Å². The van der Waals surface area contributed by atoms with Crippen molar-refractivity contribution in [3.8, 4) is 0 Å². The molecule has 3 nitrogen and oxygen atoms in total. The Hall–Kier alpha value is 0.170. The summed E-state index contributed by atoms with van der Waals surface area (Å²) in [5.74, 6) is 0. The Morgan fingerprint density at radius 2 is 1.17 bits per heavy atom. The fourth-order valence-electron chi connectivity index (χ4n) is 3.22. The van der Waals surface area contributed by atoms with Crippen molar-refractivity contribution in [1.29, 1.82) is 0 Å². The summed E-state index contributed by atoms with van der Waals surface area (Å²) in [7, 11) is 2.23. The molecule has 0 saturated carbocycles. The van der Waals surface area contributed by atoms with Gasteiger partial charge in [-0.05, 0) is 6.42 Å². The fraction of sp³-hybridized carbons (Fsp3) is 1.00. The van der Waals surface area contributed by atoms with E-state index < -0.39 is 0 Å². The minimum absolute atomic E-state index is 0. The molecule has 0 aromatic rings. The molecule has 0 aromatic carbocycles. The minimum atomic E-state index is 0. The van der Waals surface area contributed by atoms with E-state index in [2.05, 4.69) is 24.0 Å². The summed E-state index contributed by atoms with van der Waals surface area (Å²) < 4.78 is 5.40. The van der Waals surface area contributed by atoms with Crippen LogP contribution < -0.4 is 0 Å². The number of hydrogen-bond acceptors (Lipinski definition) is 3. The molecule has 140 valence electrons. The van der Waals surface area contributed by atoms with Gasteiger partial charge in [0, 0.05) is 26.7 Å². The van der Waals surface area contributed by atoms with Gasteiger partial charge in [0.15, 0.2) is 0 Å². The number of hydrogen-bond donors (Lipinski definition) is 0. The lowest BCUT2D eigenvalue weighted by atomic mass is 10.1. The van der Waals surface area contributed by atoms with Gasteiger partial charge < -0.3 is 4.74 Å². The summed E-state index contributed by atoms with van der Waals surface area (Å²) in [5.41, 5.74) is 0. The van der Waals surface area contributed by atoms with Crippen molar-refractivity contribution < 1.29 is 4.74 Å². The Kier molecular flexibility index (Phi) is 17.1. The number of ether oxygens (including phenoxy) is 1. The molecule has 0 aromatic heterocycles. The predicted molar refractivity (Wildman–Crippen MR) is 103 cm³/mol. The third-order valence-corrected chi connectivity index (χ3v) is 4.81. The molecule has 0 amide bonds. The van der Waals surface area contributed by atoms with Crippen molar-refractivity contribution in [2.24, 2.45) is 0 Å². The molecule has 1 aliphatic rings. The third-order valence-electron chi connectivity index (χ3n) is 4.81. The topological polar surface area (TPSA) is 15.7 Å². The molecule has 23 heavy (non-hydrogen) atoms. The molecule has 0 radical (unpaired) electrons.